The van der Waals surface area contributed by atoms with Crippen LogP contribution in [0.3, 0.4) is 0 Å². The number of hydrogen-bond donors (Lipinski definition) is 1. The highest BCUT2D eigenvalue weighted by atomic mass is 32.2. The van der Waals surface area contributed by atoms with Crippen LogP contribution >= 0.6 is 0 Å². The molecule has 0 aromatic carbocycles. The molecule has 0 bridgehead atoms. The molecule has 9 heteroatoms. The second-order valence-electron chi connectivity index (χ2n) is 4.62. The van der Waals surface area contributed by atoms with Gasteiger partial charge in [0.05, 0.1) is 29.1 Å². The van der Waals surface area contributed by atoms with E-state index in [2.05, 4.69) is 4.98 Å². The lowest BCUT2D eigenvalue weighted by Gasteiger charge is -2.24. The lowest BCUT2D eigenvalue weighted by molar-refractivity contribution is -0.141. The van der Waals surface area contributed by atoms with Gasteiger partial charge in [0.2, 0.25) is 0 Å². The van der Waals surface area contributed by atoms with E-state index in [1.54, 1.807) is 4.90 Å². The van der Waals surface area contributed by atoms with Crippen molar-refractivity contribution < 1.29 is 21.6 Å². The van der Waals surface area contributed by atoms with E-state index in [1.807, 2.05) is 0 Å². The number of halogens is 3. The van der Waals surface area contributed by atoms with Crippen molar-refractivity contribution in [2.45, 2.75) is 12.6 Å². The Labute approximate surface area is 114 Å². The van der Waals surface area contributed by atoms with Crippen LogP contribution in [-0.4, -0.2) is 38.0 Å². The third kappa shape index (κ3) is 3.33. The van der Waals surface area contributed by atoms with Gasteiger partial charge in [0, 0.05) is 13.1 Å². The topological polar surface area (TPSA) is 76.3 Å². The molecule has 1 aliphatic rings. The first kappa shape index (κ1) is 14.9. The highest BCUT2D eigenvalue weighted by molar-refractivity contribution is 7.91. The minimum atomic E-state index is -4.56. The SMILES string of the molecule is Nc1cnc(C(F)(F)F)cc1N1CCCS(=O)(=O)CC1. The monoisotopic (exact) mass is 309 g/mol. The maximum Gasteiger partial charge on any atom is 0.433 e. The number of hydrogen-bond acceptors (Lipinski definition) is 5. The summed E-state index contributed by atoms with van der Waals surface area (Å²) in [6, 6.07) is 0.868. The van der Waals surface area contributed by atoms with E-state index in [1.165, 1.54) is 0 Å². The number of alkyl halides is 3. The van der Waals surface area contributed by atoms with E-state index in [0.717, 1.165) is 12.3 Å². The van der Waals surface area contributed by atoms with Crippen LogP contribution in [0.5, 0.6) is 0 Å². The molecule has 0 spiro atoms. The quantitative estimate of drug-likeness (QED) is 0.846. The predicted octanol–water partition coefficient (Wildman–Crippen LogP) is 1.31. The Morgan fingerprint density at radius 1 is 1.25 bits per heavy atom. The Morgan fingerprint density at radius 2 is 1.95 bits per heavy atom. The molecule has 2 N–H and O–H groups in total. The van der Waals surface area contributed by atoms with Gasteiger partial charge in [0.15, 0.2) is 9.84 Å². The zero-order valence-electron chi connectivity index (χ0n) is 10.5. The zero-order chi connectivity index (χ0) is 15.0. The van der Waals surface area contributed by atoms with Gasteiger partial charge in [0.25, 0.3) is 0 Å². The highest BCUT2D eigenvalue weighted by Crippen LogP contribution is 2.33. The average molecular weight is 309 g/mol. The van der Waals surface area contributed by atoms with Crippen molar-refractivity contribution in [2.75, 3.05) is 35.2 Å². The van der Waals surface area contributed by atoms with E-state index >= 15 is 0 Å². The molecule has 0 radical (unpaired) electrons. The molecule has 0 atom stereocenters. The Balaban J connectivity index is 2.32. The Bertz CT molecular complexity index is 601. The number of nitrogens with zero attached hydrogens (tertiary/aromatic N) is 2. The molecule has 1 aliphatic heterocycles. The third-order valence-electron chi connectivity index (χ3n) is 3.10. The van der Waals surface area contributed by atoms with Gasteiger partial charge < -0.3 is 10.6 Å². The van der Waals surface area contributed by atoms with E-state index in [0.29, 0.717) is 13.0 Å². The fraction of sp³-hybridized carbons (Fsp3) is 0.545. The maximum absolute atomic E-state index is 12.7. The standard InChI is InChI=1S/C11H14F3N3O2S/c12-11(13,14)10-6-9(8(15)7-16-10)17-2-1-4-20(18,19)5-3-17/h6-7H,1-5,15H2. The lowest BCUT2D eigenvalue weighted by Crippen LogP contribution is -2.28. The molecule has 0 aliphatic carbocycles. The van der Waals surface area contributed by atoms with Gasteiger partial charge in [-0.1, -0.05) is 0 Å². The lowest BCUT2D eigenvalue weighted by atomic mass is 10.2. The molecule has 0 saturated carbocycles. The number of nitrogens with two attached hydrogens (primary N) is 1. The smallest absolute Gasteiger partial charge is 0.396 e. The molecule has 0 unspecified atom stereocenters. The summed E-state index contributed by atoms with van der Waals surface area (Å²) in [5, 5.41) is 0. The number of rotatable bonds is 1. The van der Waals surface area contributed by atoms with Crippen LogP contribution in [0.2, 0.25) is 0 Å². The minimum Gasteiger partial charge on any atom is -0.396 e. The summed E-state index contributed by atoms with van der Waals surface area (Å²) in [5.41, 5.74) is 4.92. The second-order valence-corrected chi connectivity index (χ2v) is 6.92. The van der Waals surface area contributed by atoms with E-state index in [9.17, 15) is 21.6 Å². The summed E-state index contributed by atoms with van der Waals surface area (Å²) in [7, 11) is -3.13. The van der Waals surface area contributed by atoms with Gasteiger partial charge >= 0.3 is 6.18 Å². The molecule has 1 saturated heterocycles. The van der Waals surface area contributed by atoms with Crippen molar-refractivity contribution in [2.24, 2.45) is 0 Å². The summed E-state index contributed by atoms with van der Waals surface area (Å²) in [6.07, 6.45) is -3.23. The van der Waals surface area contributed by atoms with Gasteiger partial charge in [-0.3, -0.25) is 0 Å². The van der Waals surface area contributed by atoms with Crippen molar-refractivity contribution in [1.82, 2.24) is 4.98 Å². The largest absolute Gasteiger partial charge is 0.433 e. The fourth-order valence-corrected chi connectivity index (χ4v) is 3.34. The van der Waals surface area contributed by atoms with Crippen LogP contribution in [0.25, 0.3) is 0 Å². The first-order chi connectivity index (χ1) is 9.19. The van der Waals surface area contributed by atoms with Crippen LogP contribution in [0, 0.1) is 0 Å². The molecule has 1 aromatic heterocycles. The summed E-state index contributed by atoms with van der Waals surface area (Å²) in [5.74, 6) is -0.0449. The average Bonchev–Trinajstić information content (AvgIpc) is 2.49. The number of aromatic nitrogens is 1. The van der Waals surface area contributed by atoms with Crippen molar-refractivity contribution in [3.05, 3.63) is 18.0 Å². The Kier molecular flexibility index (Phi) is 3.81. The molecule has 2 rings (SSSR count). The van der Waals surface area contributed by atoms with Crippen LogP contribution < -0.4 is 10.6 Å². The van der Waals surface area contributed by atoms with E-state index < -0.39 is 21.7 Å². The third-order valence-corrected chi connectivity index (χ3v) is 4.81. The molecular weight excluding hydrogens is 295 g/mol. The predicted molar refractivity (Wildman–Crippen MR) is 69.1 cm³/mol. The molecular formula is C11H14F3N3O2S. The van der Waals surface area contributed by atoms with Crippen LogP contribution in [0.15, 0.2) is 12.3 Å². The van der Waals surface area contributed by atoms with Gasteiger partial charge in [-0.2, -0.15) is 13.2 Å². The molecule has 1 fully saturated rings. The van der Waals surface area contributed by atoms with Gasteiger partial charge in [-0.05, 0) is 12.5 Å². The first-order valence-corrected chi connectivity index (χ1v) is 7.79. The number of anilines is 2. The second kappa shape index (κ2) is 5.12. The molecule has 20 heavy (non-hydrogen) atoms. The Hall–Kier alpha value is -1.51. The molecule has 2 heterocycles. The molecule has 1 aromatic rings. The van der Waals surface area contributed by atoms with Crippen molar-refractivity contribution in [3.8, 4) is 0 Å². The van der Waals surface area contributed by atoms with E-state index in [-0.39, 0.29) is 29.4 Å². The summed E-state index contributed by atoms with van der Waals surface area (Å²) < 4.78 is 61.0. The number of pyridine rings is 1. The van der Waals surface area contributed by atoms with Crippen LogP contribution in [0.1, 0.15) is 12.1 Å². The van der Waals surface area contributed by atoms with Gasteiger partial charge in [0.1, 0.15) is 5.69 Å². The molecule has 5 nitrogen and oxygen atoms in total. The normalized spacial score (nSPS) is 19.6. The van der Waals surface area contributed by atoms with Gasteiger partial charge in [-0.25, -0.2) is 13.4 Å². The van der Waals surface area contributed by atoms with Crippen LogP contribution in [0.4, 0.5) is 24.5 Å². The molecule has 112 valence electrons. The van der Waals surface area contributed by atoms with Gasteiger partial charge in [-0.15, -0.1) is 0 Å². The fourth-order valence-electron chi connectivity index (χ4n) is 2.06. The zero-order valence-corrected chi connectivity index (χ0v) is 11.3. The van der Waals surface area contributed by atoms with Crippen molar-refractivity contribution in [1.29, 1.82) is 0 Å². The number of nitrogen functional groups attached to an aromatic ring is 1. The minimum absolute atomic E-state index is 0.0423. The summed E-state index contributed by atoms with van der Waals surface area (Å²) in [6.45, 7) is 0.485. The van der Waals surface area contributed by atoms with Crippen LogP contribution in [-0.2, 0) is 16.0 Å². The maximum atomic E-state index is 12.7. The van der Waals surface area contributed by atoms with Crippen molar-refractivity contribution in [3.63, 3.8) is 0 Å². The summed E-state index contributed by atoms with van der Waals surface area (Å²) >= 11 is 0. The highest BCUT2D eigenvalue weighted by Gasteiger charge is 2.33. The Morgan fingerprint density at radius 3 is 2.60 bits per heavy atom. The summed E-state index contributed by atoms with van der Waals surface area (Å²) in [4.78, 5) is 4.83. The van der Waals surface area contributed by atoms with Crippen molar-refractivity contribution >= 4 is 21.2 Å². The molecule has 0 amide bonds. The van der Waals surface area contributed by atoms with E-state index in [4.69, 9.17) is 5.73 Å². The number of sulfone groups is 1. The first-order valence-electron chi connectivity index (χ1n) is 5.97.